The molecule has 5 nitrogen and oxygen atoms in total. The van der Waals surface area contributed by atoms with E-state index in [-0.39, 0.29) is 11.7 Å². The van der Waals surface area contributed by atoms with E-state index in [1.807, 2.05) is 43.3 Å². The van der Waals surface area contributed by atoms with Crippen LogP contribution in [0, 0.1) is 17.9 Å². The second-order valence-corrected chi connectivity index (χ2v) is 4.65. The topological polar surface area (TPSA) is 57.7 Å². The highest BCUT2D eigenvalue weighted by atomic mass is 16.5. The summed E-state index contributed by atoms with van der Waals surface area (Å²) in [6.45, 7) is 12.0. The first-order valence-corrected chi connectivity index (χ1v) is 7.25. The molecule has 0 radical (unpaired) electrons. The predicted molar refractivity (Wildman–Crippen MR) is 90.3 cm³/mol. The Balaban J connectivity index is 2.69. The van der Waals surface area contributed by atoms with Crippen LogP contribution >= 0.6 is 0 Å². The summed E-state index contributed by atoms with van der Waals surface area (Å²) in [4.78, 5) is 16.0. The van der Waals surface area contributed by atoms with Crippen molar-refractivity contribution < 1.29 is 9.53 Å². The predicted octanol–water partition coefficient (Wildman–Crippen LogP) is 3.42. The number of ether oxygens (including phenoxy) is 1. The summed E-state index contributed by atoms with van der Waals surface area (Å²) in [7, 11) is 0. The Kier molecular flexibility index (Phi) is 7.68. The highest BCUT2D eigenvalue weighted by Crippen LogP contribution is 2.16. The maximum Gasteiger partial charge on any atom is 0.302 e. The maximum atomic E-state index is 10.8. The smallest absolute Gasteiger partial charge is 0.302 e. The lowest BCUT2D eigenvalue weighted by atomic mass is 10.1. The quantitative estimate of drug-likeness (QED) is 0.335. The van der Waals surface area contributed by atoms with Crippen molar-refractivity contribution in [3.63, 3.8) is 0 Å². The molecule has 0 amide bonds. The van der Waals surface area contributed by atoms with E-state index in [9.17, 15) is 4.79 Å². The molecular weight excluding hydrogens is 290 g/mol. The summed E-state index contributed by atoms with van der Waals surface area (Å²) >= 11 is 0. The van der Waals surface area contributed by atoms with Crippen LogP contribution in [0.25, 0.3) is 10.9 Å². The molecule has 0 spiro atoms. The van der Waals surface area contributed by atoms with E-state index in [1.54, 1.807) is 6.08 Å². The molecule has 0 unspecified atom stereocenters. The van der Waals surface area contributed by atoms with Crippen LogP contribution in [0.15, 0.2) is 42.1 Å². The van der Waals surface area contributed by atoms with Gasteiger partial charge in [0.2, 0.25) is 0 Å². The lowest BCUT2D eigenvalue weighted by molar-refractivity contribution is -0.140. The van der Waals surface area contributed by atoms with Gasteiger partial charge in [0.15, 0.2) is 0 Å². The summed E-state index contributed by atoms with van der Waals surface area (Å²) in [6.07, 6.45) is 5.00. The third-order valence-corrected chi connectivity index (χ3v) is 3.08. The molecule has 5 heteroatoms. The minimum Gasteiger partial charge on any atom is -0.464 e. The molecule has 1 aromatic carbocycles. The fraction of sp³-hybridized carbons (Fsp3) is 0.278. The van der Waals surface area contributed by atoms with Crippen LogP contribution in [0.1, 0.15) is 19.4 Å². The monoisotopic (exact) mass is 309 g/mol. The number of carbonyl (C=O) groups excluding carboxylic acids is 1. The van der Waals surface area contributed by atoms with E-state index in [0.29, 0.717) is 13.2 Å². The number of hydrogen-bond acceptors (Lipinski definition) is 4. The normalized spacial score (nSPS) is 10.9. The zero-order chi connectivity index (χ0) is 17.1. The van der Waals surface area contributed by atoms with E-state index in [0.717, 1.165) is 17.8 Å². The molecule has 0 aliphatic carbocycles. The zero-order valence-electron chi connectivity index (χ0n) is 13.3. The van der Waals surface area contributed by atoms with Crippen molar-refractivity contribution in [3.8, 4) is 6.07 Å². The van der Waals surface area contributed by atoms with Gasteiger partial charge in [-0.1, -0.05) is 24.3 Å². The van der Waals surface area contributed by atoms with E-state index in [4.69, 9.17) is 16.6 Å². The molecule has 23 heavy (non-hydrogen) atoms. The third kappa shape index (κ3) is 6.50. The summed E-state index contributed by atoms with van der Waals surface area (Å²) in [6, 6.07) is 9.70. The van der Waals surface area contributed by atoms with Crippen LogP contribution in [0.4, 0.5) is 5.69 Å². The van der Waals surface area contributed by atoms with Crippen molar-refractivity contribution in [2.45, 2.75) is 13.8 Å². The van der Waals surface area contributed by atoms with Crippen LogP contribution in [0.5, 0.6) is 0 Å². The van der Waals surface area contributed by atoms with E-state index < -0.39 is 0 Å². The van der Waals surface area contributed by atoms with Crippen molar-refractivity contribution >= 4 is 17.7 Å². The van der Waals surface area contributed by atoms with E-state index >= 15 is 0 Å². The molecular formula is C18H19N3O2. The molecule has 0 aromatic heterocycles. The molecule has 0 saturated heterocycles. The number of hydrogen-bond donors (Lipinski definition) is 0. The average Bonchev–Trinajstić information content (AvgIpc) is 2.56. The first kappa shape index (κ1) is 18.0. The molecule has 118 valence electrons. The number of nitrogens with zero attached hydrogens (tertiary/aromatic N) is 3. The lowest BCUT2D eigenvalue weighted by Gasteiger charge is -2.22. The number of carbonyl (C=O) groups is 1. The van der Waals surface area contributed by atoms with E-state index in [1.165, 1.54) is 13.0 Å². The molecule has 0 N–H and O–H groups in total. The minimum absolute atomic E-state index is 0.0560. The molecule has 0 atom stereocenters. The Hall–Kier alpha value is -3.05. The van der Waals surface area contributed by atoms with Crippen molar-refractivity contribution in [1.82, 2.24) is 0 Å². The molecule has 0 bridgehead atoms. The fourth-order valence-electron chi connectivity index (χ4n) is 1.92. The van der Waals surface area contributed by atoms with Crippen molar-refractivity contribution in [2.75, 3.05) is 24.6 Å². The summed E-state index contributed by atoms with van der Waals surface area (Å²) in [5.41, 5.74) is 2.08. The van der Waals surface area contributed by atoms with Gasteiger partial charge in [0.05, 0.1) is 19.2 Å². The first-order valence-electron chi connectivity index (χ1n) is 7.25. The molecule has 0 heterocycles. The van der Waals surface area contributed by atoms with Gasteiger partial charge >= 0.3 is 5.97 Å². The van der Waals surface area contributed by atoms with Gasteiger partial charge in [-0.25, -0.2) is 10.1 Å². The van der Waals surface area contributed by atoms with Crippen LogP contribution in [0.3, 0.4) is 0 Å². The third-order valence-electron chi connectivity index (χ3n) is 3.08. The zero-order valence-corrected chi connectivity index (χ0v) is 13.3. The van der Waals surface area contributed by atoms with Gasteiger partial charge in [-0.2, -0.15) is 0 Å². The van der Waals surface area contributed by atoms with Gasteiger partial charge in [0.25, 0.3) is 5.70 Å². The summed E-state index contributed by atoms with van der Waals surface area (Å²) < 4.78 is 4.97. The van der Waals surface area contributed by atoms with Gasteiger partial charge < -0.3 is 9.64 Å². The number of nitriles is 1. The Morgan fingerprint density at radius 3 is 2.65 bits per heavy atom. The van der Waals surface area contributed by atoms with E-state index in [2.05, 4.69) is 9.74 Å². The SMILES string of the molecule is [C-]#[N+]C(C#N)=CC=Cc1ccc(N(CC)CCOC(C)=O)cc1. The molecule has 0 saturated carbocycles. The van der Waals surface area contributed by atoms with Gasteiger partial charge in [-0.3, -0.25) is 4.79 Å². The highest BCUT2D eigenvalue weighted by Gasteiger charge is 2.04. The summed E-state index contributed by atoms with van der Waals surface area (Å²) in [5, 5.41) is 8.65. The fourth-order valence-corrected chi connectivity index (χ4v) is 1.92. The second-order valence-electron chi connectivity index (χ2n) is 4.65. The summed E-state index contributed by atoms with van der Waals surface area (Å²) in [5.74, 6) is -0.272. The molecule has 0 fully saturated rings. The van der Waals surface area contributed by atoms with Gasteiger partial charge in [-0.05, 0) is 30.7 Å². The first-order chi connectivity index (χ1) is 11.1. The van der Waals surface area contributed by atoms with Gasteiger partial charge in [0, 0.05) is 19.2 Å². The van der Waals surface area contributed by atoms with Crippen LogP contribution in [0.2, 0.25) is 0 Å². The number of esters is 1. The van der Waals surface area contributed by atoms with Crippen molar-refractivity contribution in [3.05, 3.63) is 59.1 Å². The lowest BCUT2D eigenvalue weighted by Crippen LogP contribution is -2.27. The van der Waals surface area contributed by atoms with Crippen molar-refractivity contribution in [1.29, 1.82) is 5.26 Å². The minimum atomic E-state index is -0.272. The van der Waals surface area contributed by atoms with Gasteiger partial charge in [0.1, 0.15) is 6.61 Å². The maximum absolute atomic E-state index is 10.8. The molecule has 0 aliphatic heterocycles. The standard InChI is InChI=1S/C18H19N3O2/c1-4-21(12-13-23-15(2)22)18-10-8-16(9-11-18)6-5-7-17(14-19)20-3/h5-11H,4,12-13H2,1-2H3. The van der Waals surface area contributed by atoms with Crippen molar-refractivity contribution in [2.24, 2.45) is 0 Å². The number of allylic oxidation sites excluding steroid dienone is 3. The Morgan fingerprint density at radius 1 is 1.43 bits per heavy atom. The molecule has 1 aromatic rings. The number of rotatable bonds is 7. The van der Waals surface area contributed by atoms with Crippen LogP contribution in [-0.4, -0.2) is 25.7 Å². The number of anilines is 1. The number of benzene rings is 1. The molecule has 1 rings (SSSR count). The van der Waals surface area contributed by atoms with Gasteiger partial charge in [-0.15, -0.1) is 0 Å². The number of likely N-dealkylation sites (N-methyl/N-ethyl adjacent to an activating group) is 1. The Morgan fingerprint density at radius 2 is 2.13 bits per heavy atom. The average molecular weight is 309 g/mol. The Bertz CT molecular complexity index is 645. The van der Waals surface area contributed by atoms with Crippen LogP contribution in [-0.2, 0) is 9.53 Å². The molecule has 0 aliphatic rings. The Labute approximate surface area is 136 Å². The highest BCUT2D eigenvalue weighted by molar-refractivity contribution is 5.66. The van der Waals surface area contributed by atoms with Crippen LogP contribution < -0.4 is 4.90 Å². The second kappa shape index (κ2) is 9.81. The largest absolute Gasteiger partial charge is 0.464 e.